The molecule has 0 spiro atoms. The number of furan rings is 1. The molecule has 0 unspecified atom stereocenters. The highest BCUT2D eigenvalue weighted by molar-refractivity contribution is 6.35. The lowest BCUT2D eigenvalue weighted by Crippen LogP contribution is -1.96. The molecule has 0 amide bonds. The Morgan fingerprint density at radius 3 is 2.80 bits per heavy atom. The number of benzene rings is 1. The summed E-state index contributed by atoms with van der Waals surface area (Å²) < 4.78 is 5.38. The molecule has 0 aliphatic carbocycles. The molecule has 0 N–H and O–H groups in total. The van der Waals surface area contributed by atoms with Crippen LogP contribution in [0.2, 0.25) is 5.02 Å². The van der Waals surface area contributed by atoms with E-state index in [9.17, 15) is 4.79 Å². The van der Waals surface area contributed by atoms with E-state index in [0.717, 1.165) is 5.39 Å². The number of fused-ring (bicyclic) bond motifs is 1. The molecule has 0 bridgehead atoms. The van der Waals surface area contributed by atoms with E-state index in [2.05, 4.69) is 6.58 Å². The van der Waals surface area contributed by atoms with Gasteiger partial charge in [-0.3, -0.25) is 4.79 Å². The molecule has 0 saturated carbocycles. The zero-order valence-electron chi connectivity index (χ0n) is 8.21. The van der Waals surface area contributed by atoms with E-state index in [1.54, 1.807) is 19.1 Å². The van der Waals surface area contributed by atoms with Crippen molar-refractivity contribution in [1.82, 2.24) is 0 Å². The summed E-state index contributed by atoms with van der Waals surface area (Å²) in [6, 6.07) is 7.07. The highest BCUT2D eigenvalue weighted by atomic mass is 35.5. The number of carbonyl (C=O) groups is 1. The van der Waals surface area contributed by atoms with E-state index in [1.165, 1.54) is 0 Å². The van der Waals surface area contributed by atoms with Crippen LogP contribution >= 0.6 is 11.6 Å². The van der Waals surface area contributed by atoms with Crippen LogP contribution in [0, 0.1) is 0 Å². The maximum Gasteiger partial charge on any atom is 0.223 e. The summed E-state index contributed by atoms with van der Waals surface area (Å²) in [7, 11) is 0. The van der Waals surface area contributed by atoms with Crippen molar-refractivity contribution in [2.24, 2.45) is 0 Å². The summed E-state index contributed by atoms with van der Waals surface area (Å²) in [4.78, 5) is 11.6. The third-order valence-electron chi connectivity index (χ3n) is 2.11. The second kappa shape index (κ2) is 3.55. The van der Waals surface area contributed by atoms with E-state index in [0.29, 0.717) is 16.2 Å². The van der Waals surface area contributed by atoms with Crippen LogP contribution in [0.3, 0.4) is 0 Å². The van der Waals surface area contributed by atoms with Gasteiger partial charge in [0, 0.05) is 5.39 Å². The summed E-state index contributed by atoms with van der Waals surface area (Å²) in [6.07, 6.45) is 0. The van der Waals surface area contributed by atoms with Crippen molar-refractivity contribution in [3.05, 3.63) is 47.2 Å². The summed E-state index contributed by atoms with van der Waals surface area (Å²) in [6.45, 7) is 5.23. The van der Waals surface area contributed by atoms with Crippen molar-refractivity contribution in [3.8, 4) is 0 Å². The van der Waals surface area contributed by atoms with Crippen LogP contribution in [0.4, 0.5) is 0 Å². The smallest absolute Gasteiger partial charge is 0.223 e. The standard InChI is InChI=1S/C12H9ClO2/c1-7(2)11(14)10-6-8-4-3-5-9(13)12(8)15-10/h3-6H,1H2,2H3. The van der Waals surface area contributed by atoms with Crippen molar-refractivity contribution in [2.75, 3.05) is 0 Å². The lowest BCUT2D eigenvalue weighted by molar-refractivity contribution is 0.101. The molecule has 15 heavy (non-hydrogen) atoms. The highest BCUT2D eigenvalue weighted by Gasteiger charge is 2.13. The van der Waals surface area contributed by atoms with Crippen LogP contribution in [-0.2, 0) is 0 Å². The third-order valence-corrected chi connectivity index (χ3v) is 2.41. The maximum absolute atomic E-state index is 11.6. The number of hydrogen-bond donors (Lipinski definition) is 0. The van der Waals surface area contributed by atoms with Gasteiger partial charge in [-0.05, 0) is 24.6 Å². The average Bonchev–Trinajstić information content (AvgIpc) is 2.61. The number of halogens is 1. The number of hydrogen-bond acceptors (Lipinski definition) is 2. The monoisotopic (exact) mass is 220 g/mol. The second-order valence-electron chi connectivity index (χ2n) is 3.38. The van der Waals surface area contributed by atoms with Gasteiger partial charge >= 0.3 is 0 Å². The first kappa shape index (κ1) is 9.99. The average molecular weight is 221 g/mol. The minimum absolute atomic E-state index is 0.192. The maximum atomic E-state index is 11.6. The Labute approximate surface area is 92.1 Å². The van der Waals surface area contributed by atoms with Gasteiger partial charge < -0.3 is 4.42 Å². The lowest BCUT2D eigenvalue weighted by Gasteiger charge is -1.92. The van der Waals surface area contributed by atoms with Crippen LogP contribution in [-0.4, -0.2) is 5.78 Å². The van der Waals surface area contributed by atoms with E-state index >= 15 is 0 Å². The van der Waals surface area contributed by atoms with Gasteiger partial charge in [-0.15, -0.1) is 0 Å². The van der Waals surface area contributed by atoms with Crippen molar-refractivity contribution >= 4 is 28.4 Å². The molecule has 0 atom stereocenters. The molecule has 0 aliphatic rings. The Balaban J connectivity index is 2.62. The van der Waals surface area contributed by atoms with Crippen molar-refractivity contribution in [2.45, 2.75) is 6.92 Å². The molecule has 2 nitrogen and oxygen atoms in total. The lowest BCUT2D eigenvalue weighted by atomic mass is 10.1. The van der Waals surface area contributed by atoms with Gasteiger partial charge in [0.1, 0.15) is 0 Å². The molecule has 0 fully saturated rings. The van der Waals surface area contributed by atoms with Crippen LogP contribution in [0.5, 0.6) is 0 Å². The van der Waals surface area contributed by atoms with E-state index in [4.69, 9.17) is 16.0 Å². The fourth-order valence-corrected chi connectivity index (χ4v) is 1.57. The van der Waals surface area contributed by atoms with E-state index in [-0.39, 0.29) is 11.5 Å². The highest BCUT2D eigenvalue weighted by Crippen LogP contribution is 2.27. The van der Waals surface area contributed by atoms with Gasteiger partial charge in [-0.25, -0.2) is 0 Å². The van der Waals surface area contributed by atoms with Gasteiger partial charge in [0.15, 0.2) is 11.3 Å². The Bertz CT molecular complexity index is 552. The number of rotatable bonds is 2. The molecule has 1 heterocycles. The molecule has 2 rings (SSSR count). The van der Waals surface area contributed by atoms with Gasteiger partial charge in [0.2, 0.25) is 5.78 Å². The van der Waals surface area contributed by atoms with Gasteiger partial charge in [0.25, 0.3) is 0 Å². The molecule has 0 aliphatic heterocycles. The third kappa shape index (κ3) is 1.68. The molecule has 2 aromatic rings. The first-order chi connectivity index (χ1) is 7.09. The Hall–Kier alpha value is -1.54. The van der Waals surface area contributed by atoms with Crippen LogP contribution in [0.1, 0.15) is 17.5 Å². The number of carbonyl (C=O) groups excluding carboxylic acids is 1. The number of Topliss-reactive ketones (excluding diaryl/α,β-unsaturated/α-hetero) is 1. The first-order valence-electron chi connectivity index (χ1n) is 4.48. The summed E-state index contributed by atoms with van der Waals surface area (Å²) >= 11 is 5.93. The molecule has 0 saturated heterocycles. The topological polar surface area (TPSA) is 30.2 Å². The molecule has 1 aromatic carbocycles. The molecule has 3 heteroatoms. The fourth-order valence-electron chi connectivity index (χ4n) is 1.35. The number of allylic oxidation sites excluding steroid dienone is 1. The van der Waals surface area contributed by atoms with E-state index < -0.39 is 0 Å². The van der Waals surface area contributed by atoms with E-state index in [1.807, 2.05) is 12.1 Å². The zero-order chi connectivity index (χ0) is 11.0. The Morgan fingerprint density at radius 2 is 2.20 bits per heavy atom. The van der Waals surface area contributed by atoms with Gasteiger partial charge in [-0.2, -0.15) is 0 Å². The number of ketones is 1. The molecular formula is C12H9ClO2. The Kier molecular flexibility index (Phi) is 2.37. The minimum atomic E-state index is -0.192. The van der Waals surface area contributed by atoms with Crippen molar-refractivity contribution < 1.29 is 9.21 Å². The van der Waals surface area contributed by atoms with Crippen molar-refractivity contribution in [1.29, 1.82) is 0 Å². The largest absolute Gasteiger partial charge is 0.451 e. The number of para-hydroxylation sites is 1. The fraction of sp³-hybridized carbons (Fsp3) is 0.0833. The second-order valence-corrected chi connectivity index (χ2v) is 3.79. The normalized spacial score (nSPS) is 10.5. The molecule has 0 radical (unpaired) electrons. The van der Waals surface area contributed by atoms with Crippen LogP contribution in [0.25, 0.3) is 11.0 Å². The summed E-state index contributed by atoms with van der Waals surface area (Å²) in [5.41, 5.74) is 0.994. The summed E-state index contributed by atoms with van der Waals surface area (Å²) in [5, 5.41) is 1.33. The van der Waals surface area contributed by atoms with Gasteiger partial charge in [0.05, 0.1) is 5.02 Å². The van der Waals surface area contributed by atoms with Crippen LogP contribution in [0.15, 0.2) is 40.8 Å². The predicted octanol–water partition coefficient (Wildman–Crippen LogP) is 3.85. The quantitative estimate of drug-likeness (QED) is 0.569. The van der Waals surface area contributed by atoms with Crippen LogP contribution < -0.4 is 0 Å². The SMILES string of the molecule is C=C(C)C(=O)c1cc2cccc(Cl)c2o1. The predicted molar refractivity (Wildman–Crippen MR) is 60.4 cm³/mol. The minimum Gasteiger partial charge on any atom is -0.451 e. The zero-order valence-corrected chi connectivity index (χ0v) is 8.97. The Morgan fingerprint density at radius 1 is 1.47 bits per heavy atom. The molecular weight excluding hydrogens is 212 g/mol. The molecule has 1 aromatic heterocycles. The van der Waals surface area contributed by atoms with Crippen molar-refractivity contribution in [3.63, 3.8) is 0 Å². The van der Waals surface area contributed by atoms with Gasteiger partial charge in [-0.1, -0.05) is 30.3 Å². The summed E-state index contributed by atoms with van der Waals surface area (Å²) in [5.74, 6) is 0.0906. The first-order valence-corrected chi connectivity index (χ1v) is 4.85. The molecule has 76 valence electrons.